The topological polar surface area (TPSA) is 35.6 Å². The highest BCUT2D eigenvalue weighted by molar-refractivity contribution is 6.20. The van der Waals surface area contributed by atoms with Gasteiger partial charge in [-0.1, -0.05) is 0 Å². The van der Waals surface area contributed by atoms with Crippen molar-refractivity contribution in [2.45, 2.75) is 31.8 Å². The van der Waals surface area contributed by atoms with Crippen LogP contribution in [0.25, 0.3) is 11.0 Å². The smallest absolute Gasteiger partial charge is 0.128 e. The summed E-state index contributed by atoms with van der Waals surface area (Å²) in [6.07, 6.45) is 5.44. The Morgan fingerprint density at radius 2 is 2.14 bits per heavy atom. The molecule has 0 fully saturated rings. The van der Waals surface area contributed by atoms with Crippen molar-refractivity contribution in [2.24, 2.45) is 0 Å². The van der Waals surface area contributed by atoms with Gasteiger partial charge >= 0.3 is 0 Å². The Hall–Kier alpha value is -1.88. The van der Waals surface area contributed by atoms with Crippen molar-refractivity contribution < 1.29 is 4.39 Å². The molecule has 0 bridgehead atoms. The van der Waals surface area contributed by atoms with Crippen molar-refractivity contribution in [1.29, 1.82) is 0 Å². The number of alkyl halides is 1. The minimum atomic E-state index is -0.289. The van der Waals surface area contributed by atoms with Crippen LogP contribution in [0.2, 0.25) is 0 Å². The van der Waals surface area contributed by atoms with E-state index in [0.717, 1.165) is 17.9 Å². The van der Waals surface area contributed by atoms with Gasteiger partial charge in [-0.25, -0.2) is 14.4 Å². The summed E-state index contributed by atoms with van der Waals surface area (Å²) in [6.45, 7) is 4.71. The van der Waals surface area contributed by atoms with Crippen molar-refractivity contribution in [3.8, 4) is 0 Å². The normalized spacial score (nSPS) is 14.5. The van der Waals surface area contributed by atoms with E-state index in [1.165, 1.54) is 12.1 Å². The highest BCUT2D eigenvalue weighted by atomic mass is 35.5. The lowest BCUT2D eigenvalue weighted by Crippen LogP contribution is -2.15. The summed E-state index contributed by atoms with van der Waals surface area (Å²) < 4.78 is 17.5. The first-order valence-electron chi connectivity index (χ1n) is 6.83. The summed E-state index contributed by atoms with van der Waals surface area (Å²) in [5.41, 5.74) is 1.53. The molecule has 2 atom stereocenters. The summed E-state index contributed by atoms with van der Waals surface area (Å²) in [6, 6.07) is 4.78. The van der Waals surface area contributed by atoms with Crippen molar-refractivity contribution in [3.05, 3.63) is 48.6 Å². The van der Waals surface area contributed by atoms with E-state index in [4.69, 9.17) is 11.6 Å². The summed E-state index contributed by atoms with van der Waals surface area (Å²) >= 11 is 6.25. The molecular formula is C15H16ClFN4. The number of fused-ring (bicyclic) bond motifs is 1. The van der Waals surface area contributed by atoms with E-state index in [1.54, 1.807) is 18.6 Å². The Kier molecular flexibility index (Phi) is 3.68. The minimum absolute atomic E-state index is 0.130. The molecule has 6 heteroatoms. The average molecular weight is 307 g/mol. The lowest BCUT2D eigenvalue weighted by molar-refractivity contribution is 0.460. The molecule has 1 aromatic carbocycles. The average Bonchev–Trinajstić information content (AvgIpc) is 3.04. The number of hydrogen-bond acceptors (Lipinski definition) is 2. The number of benzene rings is 1. The van der Waals surface area contributed by atoms with Gasteiger partial charge in [0.2, 0.25) is 0 Å². The molecule has 0 saturated heterocycles. The van der Waals surface area contributed by atoms with Gasteiger partial charge in [-0.05, 0) is 26.0 Å². The van der Waals surface area contributed by atoms with Crippen molar-refractivity contribution >= 4 is 22.6 Å². The third-order valence-corrected chi connectivity index (χ3v) is 3.70. The van der Waals surface area contributed by atoms with Crippen LogP contribution in [0, 0.1) is 5.82 Å². The third-order valence-electron chi connectivity index (χ3n) is 3.51. The van der Waals surface area contributed by atoms with Gasteiger partial charge in [-0.3, -0.25) is 0 Å². The summed E-state index contributed by atoms with van der Waals surface area (Å²) in [4.78, 5) is 8.54. The molecule has 21 heavy (non-hydrogen) atoms. The van der Waals surface area contributed by atoms with Gasteiger partial charge in [0.1, 0.15) is 11.6 Å². The Balaban J connectivity index is 2.08. The Labute approximate surface area is 127 Å². The number of aromatic nitrogens is 4. The molecule has 0 amide bonds. The van der Waals surface area contributed by atoms with E-state index in [-0.39, 0.29) is 17.2 Å². The van der Waals surface area contributed by atoms with Crippen LogP contribution in [0.1, 0.15) is 31.1 Å². The van der Waals surface area contributed by atoms with E-state index in [2.05, 4.69) is 21.5 Å². The highest BCUT2D eigenvalue weighted by Gasteiger charge is 2.19. The molecule has 3 rings (SSSR count). The minimum Gasteiger partial charge on any atom is -0.335 e. The van der Waals surface area contributed by atoms with E-state index < -0.39 is 0 Å². The molecule has 0 aliphatic rings. The molecule has 0 N–H and O–H groups in total. The monoisotopic (exact) mass is 306 g/mol. The van der Waals surface area contributed by atoms with E-state index >= 15 is 0 Å². The predicted molar refractivity (Wildman–Crippen MR) is 80.9 cm³/mol. The molecule has 0 aliphatic heterocycles. The largest absolute Gasteiger partial charge is 0.335 e. The van der Waals surface area contributed by atoms with Crippen LogP contribution in [0.5, 0.6) is 0 Å². The maximum atomic E-state index is 13.4. The first kappa shape index (κ1) is 14.1. The summed E-state index contributed by atoms with van der Waals surface area (Å²) in [7, 11) is 0. The van der Waals surface area contributed by atoms with E-state index in [9.17, 15) is 4.39 Å². The van der Waals surface area contributed by atoms with Crippen LogP contribution in [0.3, 0.4) is 0 Å². The Bertz CT molecular complexity index is 748. The van der Waals surface area contributed by atoms with Crippen LogP contribution in [0.4, 0.5) is 4.39 Å². The van der Waals surface area contributed by atoms with E-state index in [0.29, 0.717) is 5.52 Å². The molecule has 110 valence electrons. The molecule has 4 nitrogen and oxygen atoms in total. The molecule has 3 aromatic rings. The molecule has 0 aliphatic carbocycles. The number of imidazole rings is 2. The summed E-state index contributed by atoms with van der Waals surface area (Å²) in [5.74, 6) is 0.466. The van der Waals surface area contributed by atoms with Crippen LogP contribution < -0.4 is 0 Å². The standard InChI is InChI=1S/C15H16ClFN4/c1-10(8-20-6-5-18-9-20)21-14-4-3-12(17)7-13(14)19-15(21)11(2)16/h3-7,9-11H,8H2,1-2H3. The Morgan fingerprint density at radius 3 is 2.81 bits per heavy atom. The number of nitrogens with zero attached hydrogens (tertiary/aromatic N) is 4. The van der Waals surface area contributed by atoms with Crippen molar-refractivity contribution in [1.82, 2.24) is 19.1 Å². The number of hydrogen-bond donors (Lipinski definition) is 0. The predicted octanol–water partition coefficient (Wildman–Crippen LogP) is 3.93. The SMILES string of the molecule is CC(Cl)c1nc2cc(F)ccc2n1C(C)Cn1ccnc1. The number of rotatable bonds is 4. The van der Waals surface area contributed by atoms with Gasteiger partial charge in [0.25, 0.3) is 0 Å². The van der Waals surface area contributed by atoms with Gasteiger partial charge in [0, 0.05) is 25.0 Å². The molecule has 2 aromatic heterocycles. The molecule has 2 unspecified atom stereocenters. The second-order valence-corrected chi connectivity index (χ2v) is 5.85. The maximum Gasteiger partial charge on any atom is 0.128 e. The zero-order valence-corrected chi connectivity index (χ0v) is 12.6. The van der Waals surface area contributed by atoms with Crippen molar-refractivity contribution in [2.75, 3.05) is 0 Å². The second kappa shape index (κ2) is 5.48. The molecule has 0 spiro atoms. The lowest BCUT2D eigenvalue weighted by atomic mass is 10.2. The van der Waals surface area contributed by atoms with Crippen LogP contribution in [-0.2, 0) is 6.54 Å². The van der Waals surface area contributed by atoms with Crippen molar-refractivity contribution in [3.63, 3.8) is 0 Å². The van der Waals surface area contributed by atoms with Gasteiger partial charge < -0.3 is 9.13 Å². The van der Waals surface area contributed by atoms with Gasteiger partial charge in [-0.2, -0.15) is 0 Å². The highest BCUT2D eigenvalue weighted by Crippen LogP contribution is 2.29. The molecule has 0 saturated carbocycles. The summed E-state index contributed by atoms with van der Waals surface area (Å²) in [5, 5.41) is -0.245. The lowest BCUT2D eigenvalue weighted by Gasteiger charge is -2.19. The molecule has 0 radical (unpaired) electrons. The Morgan fingerprint density at radius 1 is 1.33 bits per heavy atom. The van der Waals surface area contributed by atoms with Crippen LogP contribution >= 0.6 is 11.6 Å². The number of halogens is 2. The van der Waals surface area contributed by atoms with Gasteiger partial charge in [0.05, 0.1) is 28.8 Å². The first-order valence-corrected chi connectivity index (χ1v) is 7.27. The zero-order chi connectivity index (χ0) is 15.0. The molecular weight excluding hydrogens is 291 g/mol. The fourth-order valence-electron chi connectivity index (χ4n) is 2.62. The second-order valence-electron chi connectivity index (χ2n) is 5.20. The molecule has 2 heterocycles. The quantitative estimate of drug-likeness (QED) is 0.685. The zero-order valence-electron chi connectivity index (χ0n) is 11.9. The fraction of sp³-hybridized carbons (Fsp3) is 0.333. The third kappa shape index (κ3) is 2.65. The fourth-order valence-corrected chi connectivity index (χ4v) is 2.77. The maximum absolute atomic E-state index is 13.4. The van der Waals surface area contributed by atoms with E-state index in [1.807, 2.05) is 17.7 Å². The van der Waals surface area contributed by atoms with Gasteiger partial charge in [-0.15, -0.1) is 11.6 Å². The van der Waals surface area contributed by atoms with Gasteiger partial charge in [0.15, 0.2) is 0 Å². The van der Waals surface area contributed by atoms with Crippen LogP contribution in [-0.4, -0.2) is 19.1 Å². The first-order chi connectivity index (χ1) is 10.1. The van der Waals surface area contributed by atoms with Crippen LogP contribution in [0.15, 0.2) is 36.9 Å².